The van der Waals surface area contributed by atoms with E-state index in [0.717, 1.165) is 11.1 Å². The molecule has 0 fully saturated rings. The molecule has 0 heterocycles. The molecule has 1 amide bonds. The van der Waals surface area contributed by atoms with Crippen molar-refractivity contribution in [2.45, 2.75) is 24.5 Å². The molecule has 0 bridgehead atoms. The van der Waals surface area contributed by atoms with Crippen LogP contribution < -0.4 is 5.32 Å². The molecule has 0 atom stereocenters. The first-order valence-electron chi connectivity index (χ1n) is 6.40. The highest BCUT2D eigenvalue weighted by Crippen LogP contribution is 2.32. The highest BCUT2D eigenvalue weighted by molar-refractivity contribution is 7.99. The van der Waals surface area contributed by atoms with Crippen molar-refractivity contribution in [2.75, 3.05) is 5.32 Å². The molecule has 2 aromatic rings. The number of hydrogen-bond donors (Lipinski definition) is 1. The van der Waals surface area contributed by atoms with Crippen molar-refractivity contribution >= 4 is 23.4 Å². The number of para-hydroxylation sites is 1. The van der Waals surface area contributed by atoms with Gasteiger partial charge < -0.3 is 5.32 Å². The number of thioether (sulfide) groups is 1. The summed E-state index contributed by atoms with van der Waals surface area (Å²) in [6.45, 7) is 3.74. The van der Waals surface area contributed by atoms with Crippen LogP contribution in [0.5, 0.6) is 0 Å². The Kier molecular flexibility index (Phi) is 4.96. The molecule has 0 aliphatic rings. The Balaban J connectivity index is 2.25. The second-order valence-corrected chi connectivity index (χ2v) is 5.68. The minimum atomic E-state index is -2.52. The third-order valence-electron chi connectivity index (χ3n) is 2.99. The lowest BCUT2D eigenvalue weighted by molar-refractivity contribution is 0.102. The summed E-state index contributed by atoms with van der Waals surface area (Å²) in [7, 11) is 0. The van der Waals surface area contributed by atoms with Gasteiger partial charge in [-0.2, -0.15) is 8.78 Å². The molecule has 2 aromatic carbocycles. The van der Waals surface area contributed by atoms with E-state index in [0.29, 0.717) is 27.9 Å². The fourth-order valence-electron chi connectivity index (χ4n) is 1.94. The van der Waals surface area contributed by atoms with Crippen molar-refractivity contribution in [3.05, 3.63) is 59.2 Å². The molecule has 110 valence electrons. The molecule has 0 radical (unpaired) electrons. The van der Waals surface area contributed by atoms with Gasteiger partial charge in [0.05, 0.1) is 5.69 Å². The predicted octanol–water partition coefficient (Wildman–Crippen LogP) is 4.87. The first kappa shape index (κ1) is 15.5. The van der Waals surface area contributed by atoms with Gasteiger partial charge in [-0.15, -0.1) is 0 Å². The molecule has 2 nitrogen and oxygen atoms in total. The normalized spacial score (nSPS) is 10.7. The van der Waals surface area contributed by atoms with E-state index in [1.807, 2.05) is 26.0 Å². The van der Waals surface area contributed by atoms with Crippen LogP contribution in [0.25, 0.3) is 0 Å². The smallest absolute Gasteiger partial charge is 0.288 e. The molecule has 0 spiro atoms. The molecule has 0 saturated heterocycles. The third-order valence-corrected chi connectivity index (χ3v) is 3.78. The van der Waals surface area contributed by atoms with Gasteiger partial charge in [0.1, 0.15) is 0 Å². The van der Waals surface area contributed by atoms with Crippen LogP contribution in [0.4, 0.5) is 14.5 Å². The van der Waals surface area contributed by atoms with Gasteiger partial charge >= 0.3 is 0 Å². The number of hydrogen-bond acceptors (Lipinski definition) is 2. The number of amides is 1. The summed E-state index contributed by atoms with van der Waals surface area (Å²) in [6.07, 6.45) is 0. The zero-order valence-electron chi connectivity index (χ0n) is 11.7. The highest BCUT2D eigenvalue weighted by atomic mass is 32.2. The number of carbonyl (C=O) groups excluding carboxylic acids is 1. The second-order valence-electron chi connectivity index (χ2n) is 4.65. The summed E-state index contributed by atoms with van der Waals surface area (Å²) >= 11 is 0.422. The van der Waals surface area contributed by atoms with Gasteiger partial charge in [0.2, 0.25) is 0 Å². The largest absolute Gasteiger partial charge is 0.321 e. The maximum absolute atomic E-state index is 12.5. The van der Waals surface area contributed by atoms with Crippen LogP contribution in [-0.4, -0.2) is 11.7 Å². The zero-order chi connectivity index (χ0) is 15.4. The molecular formula is C16H15F2NOS. The molecule has 0 saturated carbocycles. The Bertz CT molecular complexity index is 658. The summed E-state index contributed by atoms with van der Waals surface area (Å²) in [6, 6.07) is 12.1. The number of nitrogens with one attached hydrogen (secondary N) is 1. The topological polar surface area (TPSA) is 29.1 Å². The first-order chi connectivity index (χ1) is 9.97. The van der Waals surface area contributed by atoms with Crippen LogP contribution in [0.15, 0.2) is 47.4 Å². The quantitative estimate of drug-likeness (QED) is 0.816. The Morgan fingerprint density at radius 3 is 2.57 bits per heavy atom. The standard InChI is InChI=1S/C16H15F2NOS/c1-10-7-8-11(2)12(9-10)15(20)19-13-5-3-4-6-14(13)21-16(17)18/h3-9,16H,1-2H3,(H,19,20). The van der Waals surface area contributed by atoms with Crippen LogP contribution in [0.1, 0.15) is 21.5 Å². The van der Waals surface area contributed by atoms with E-state index in [1.165, 1.54) is 0 Å². The van der Waals surface area contributed by atoms with Gasteiger partial charge in [-0.3, -0.25) is 4.79 Å². The SMILES string of the molecule is Cc1ccc(C)c(C(=O)Nc2ccccc2SC(F)F)c1. The lowest BCUT2D eigenvalue weighted by atomic mass is 10.1. The minimum Gasteiger partial charge on any atom is -0.321 e. The number of carbonyl (C=O) groups is 1. The lowest BCUT2D eigenvalue weighted by Gasteiger charge is -2.12. The van der Waals surface area contributed by atoms with Gasteiger partial charge in [-0.1, -0.05) is 41.6 Å². The average molecular weight is 307 g/mol. The van der Waals surface area contributed by atoms with E-state index in [2.05, 4.69) is 5.32 Å². The Morgan fingerprint density at radius 2 is 1.86 bits per heavy atom. The molecule has 21 heavy (non-hydrogen) atoms. The van der Waals surface area contributed by atoms with Crippen molar-refractivity contribution in [3.8, 4) is 0 Å². The Labute approximate surface area is 126 Å². The van der Waals surface area contributed by atoms with E-state index in [9.17, 15) is 13.6 Å². The summed E-state index contributed by atoms with van der Waals surface area (Å²) < 4.78 is 25.1. The predicted molar refractivity (Wildman–Crippen MR) is 82.2 cm³/mol. The van der Waals surface area contributed by atoms with Gasteiger partial charge in [0.15, 0.2) is 0 Å². The van der Waals surface area contributed by atoms with E-state index in [1.54, 1.807) is 30.3 Å². The number of halogens is 2. The molecule has 0 aliphatic carbocycles. The van der Waals surface area contributed by atoms with Crippen molar-refractivity contribution in [2.24, 2.45) is 0 Å². The van der Waals surface area contributed by atoms with Crippen LogP contribution in [0.2, 0.25) is 0 Å². The second kappa shape index (κ2) is 6.72. The monoisotopic (exact) mass is 307 g/mol. The van der Waals surface area contributed by atoms with E-state index in [-0.39, 0.29) is 5.91 Å². The average Bonchev–Trinajstić information content (AvgIpc) is 2.43. The minimum absolute atomic E-state index is 0.293. The van der Waals surface area contributed by atoms with Crippen molar-refractivity contribution < 1.29 is 13.6 Å². The van der Waals surface area contributed by atoms with Crippen molar-refractivity contribution in [1.82, 2.24) is 0 Å². The number of alkyl halides is 2. The number of anilines is 1. The summed E-state index contributed by atoms with van der Waals surface area (Å²) in [5.41, 5.74) is 2.76. The van der Waals surface area contributed by atoms with E-state index < -0.39 is 5.76 Å². The fraction of sp³-hybridized carbons (Fsp3) is 0.188. The summed E-state index contributed by atoms with van der Waals surface area (Å²) in [5.74, 6) is -2.82. The molecule has 0 aromatic heterocycles. The number of benzene rings is 2. The van der Waals surface area contributed by atoms with Crippen molar-refractivity contribution in [1.29, 1.82) is 0 Å². The fourth-order valence-corrected chi connectivity index (χ4v) is 2.53. The first-order valence-corrected chi connectivity index (χ1v) is 7.28. The molecule has 0 aliphatic heterocycles. The van der Waals surface area contributed by atoms with E-state index >= 15 is 0 Å². The zero-order valence-corrected chi connectivity index (χ0v) is 12.5. The summed E-state index contributed by atoms with van der Waals surface area (Å²) in [5, 5.41) is 2.71. The molecule has 0 unspecified atom stereocenters. The summed E-state index contributed by atoms with van der Waals surface area (Å²) in [4.78, 5) is 12.7. The van der Waals surface area contributed by atoms with Crippen LogP contribution in [-0.2, 0) is 0 Å². The molecular weight excluding hydrogens is 292 g/mol. The molecule has 2 rings (SSSR count). The maximum atomic E-state index is 12.5. The van der Waals surface area contributed by atoms with Gasteiger partial charge in [-0.25, -0.2) is 0 Å². The van der Waals surface area contributed by atoms with Crippen molar-refractivity contribution in [3.63, 3.8) is 0 Å². The number of rotatable bonds is 4. The third kappa shape index (κ3) is 4.04. The molecule has 1 N–H and O–H groups in total. The van der Waals surface area contributed by atoms with Crippen LogP contribution >= 0.6 is 11.8 Å². The lowest BCUT2D eigenvalue weighted by Crippen LogP contribution is -2.14. The Morgan fingerprint density at radius 1 is 1.14 bits per heavy atom. The van der Waals surface area contributed by atoms with Crippen LogP contribution in [0, 0.1) is 13.8 Å². The number of aryl methyl sites for hydroxylation is 2. The van der Waals surface area contributed by atoms with Gasteiger partial charge in [-0.05, 0) is 37.6 Å². The highest BCUT2D eigenvalue weighted by Gasteiger charge is 2.14. The van der Waals surface area contributed by atoms with Crippen LogP contribution in [0.3, 0.4) is 0 Å². The van der Waals surface area contributed by atoms with Gasteiger partial charge in [0.25, 0.3) is 11.7 Å². The maximum Gasteiger partial charge on any atom is 0.288 e. The Hall–Kier alpha value is -1.88. The van der Waals surface area contributed by atoms with Gasteiger partial charge in [0, 0.05) is 10.5 Å². The molecule has 5 heteroatoms. The van der Waals surface area contributed by atoms with E-state index in [4.69, 9.17) is 0 Å².